The molecular weight excluding hydrogens is 182 g/mol. The molecule has 2 unspecified atom stereocenters. The molecule has 0 aliphatic carbocycles. The van der Waals surface area contributed by atoms with Gasteiger partial charge in [-0.05, 0) is 12.1 Å². The van der Waals surface area contributed by atoms with Gasteiger partial charge in [0, 0.05) is 0 Å². The van der Waals surface area contributed by atoms with Crippen molar-refractivity contribution >= 4 is 0 Å². The Kier molecular flexibility index (Phi) is 5.67. The standard InChI is InChI=1S/C6H13NO6/c1-3(9)4(2-8)13-5(7-12)6(10)11/h3-6,8-11H,2H2,1H3/t3-,4?,5?/m0/s1. The third-order valence-corrected chi connectivity index (χ3v) is 1.39. The first kappa shape index (κ1) is 12.4. The maximum atomic E-state index is 9.96. The van der Waals surface area contributed by atoms with E-state index in [1.54, 1.807) is 0 Å². The minimum Gasteiger partial charge on any atom is -0.394 e. The molecule has 7 heteroatoms. The van der Waals surface area contributed by atoms with Gasteiger partial charge in [0.15, 0.2) is 0 Å². The summed E-state index contributed by atoms with van der Waals surface area (Å²) in [6.45, 7) is 0.781. The summed E-state index contributed by atoms with van der Waals surface area (Å²) in [6.07, 6.45) is -5.87. The zero-order valence-electron chi connectivity index (χ0n) is 7.07. The van der Waals surface area contributed by atoms with Crippen LogP contribution in [0.5, 0.6) is 0 Å². The average molecular weight is 195 g/mol. The maximum absolute atomic E-state index is 9.96. The second kappa shape index (κ2) is 5.95. The highest BCUT2D eigenvalue weighted by Crippen LogP contribution is 2.06. The Bertz CT molecular complexity index is 150. The summed E-state index contributed by atoms with van der Waals surface area (Å²) in [6, 6.07) is 0. The summed E-state index contributed by atoms with van der Waals surface area (Å²) in [5.41, 5.74) is 0. The van der Waals surface area contributed by atoms with Crippen LogP contribution in [0.2, 0.25) is 0 Å². The number of nitroso groups, excluding NO2 is 1. The van der Waals surface area contributed by atoms with E-state index in [9.17, 15) is 4.91 Å². The predicted molar refractivity (Wildman–Crippen MR) is 41.4 cm³/mol. The lowest BCUT2D eigenvalue weighted by Gasteiger charge is -2.21. The Balaban J connectivity index is 4.11. The molecule has 0 aliphatic rings. The molecule has 13 heavy (non-hydrogen) atoms. The van der Waals surface area contributed by atoms with Gasteiger partial charge >= 0.3 is 0 Å². The fourth-order valence-electron chi connectivity index (χ4n) is 0.638. The molecule has 0 spiro atoms. The van der Waals surface area contributed by atoms with Gasteiger partial charge in [-0.25, -0.2) is 0 Å². The van der Waals surface area contributed by atoms with Crippen molar-refractivity contribution in [2.24, 2.45) is 5.18 Å². The molecule has 3 atom stereocenters. The summed E-state index contributed by atoms with van der Waals surface area (Å²) in [7, 11) is 0. The van der Waals surface area contributed by atoms with Crippen LogP contribution in [-0.4, -0.2) is 51.8 Å². The lowest BCUT2D eigenvalue weighted by molar-refractivity contribution is -0.182. The highest BCUT2D eigenvalue weighted by Gasteiger charge is 2.25. The highest BCUT2D eigenvalue weighted by atomic mass is 16.6. The van der Waals surface area contributed by atoms with Crippen LogP contribution in [-0.2, 0) is 4.74 Å². The average Bonchev–Trinajstić information content (AvgIpc) is 2.05. The van der Waals surface area contributed by atoms with Gasteiger partial charge in [0.2, 0.25) is 12.5 Å². The van der Waals surface area contributed by atoms with Crippen molar-refractivity contribution in [1.29, 1.82) is 0 Å². The van der Waals surface area contributed by atoms with Crippen LogP contribution in [0.25, 0.3) is 0 Å². The lowest BCUT2D eigenvalue weighted by atomic mass is 10.2. The van der Waals surface area contributed by atoms with Gasteiger partial charge in [0.25, 0.3) is 0 Å². The van der Waals surface area contributed by atoms with Crippen LogP contribution in [0.4, 0.5) is 0 Å². The van der Waals surface area contributed by atoms with E-state index >= 15 is 0 Å². The molecule has 0 saturated heterocycles. The summed E-state index contributed by atoms with van der Waals surface area (Å²) >= 11 is 0. The zero-order chi connectivity index (χ0) is 10.4. The number of hydrogen-bond acceptors (Lipinski definition) is 7. The van der Waals surface area contributed by atoms with Crippen LogP contribution < -0.4 is 0 Å². The molecule has 0 fully saturated rings. The normalized spacial score (nSPS) is 18.3. The monoisotopic (exact) mass is 195 g/mol. The van der Waals surface area contributed by atoms with E-state index in [-0.39, 0.29) is 0 Å². The van der Waals surface area contributed by atoms with Gasteiger partial charge in [-0.3, -0.25) is 0 Å². The van der Waals surface area contributed by atoms with Gasteiger partial charge in [-0.1, -0.05) is 0 Å². The van der Waals surface area contributed by atoms with Crippen LogP contribution in [0.15, 0.2) is 5.18 Å². The number of nitrogens with zero attached hydrogens (tertiary/aromatic N) is 1. The Morgan fingerprint density at radius 1 is 1.38 bits per heavy atom. The van der Waals surface area contributed by atoms with E-state index in [0.29, 0.717) is 0 Å². The minimum atomic E-state index is -2.06. The predicted octanol–water partition coefficient (Wildman–Crippen LogP) is -1.85. The zero-order valence-corrected chi connectivity index (χ0v) is 7.07. The van der Waals surface area contributed by atoms with E-state index in [1.807, 2.05) is 0 Å². The topological polar surface area (TPSA) is 120 Å². The fraction of sp³-hybridized carbons (Fsp3) is 1.00. The first-order valence-electron chi connectivity index (χ1n) is 3.66. The summed E-state index contributed by atoms with van der Waals surface area (Å²) in [5, 5.41) is 36.9. The van der Waals surface area contributed by atoms with Gasteiger partial charge in [0.1, 0.15) is 6.10 Å². The second-order valence-corrected chi connectivity index (χ2v) is 2.51. The Morgan fingerprint density at radius 3 is 2.15 bits per heavy atom. The largest absolute Gasteiger partial charge is 0.394 e. The van der Waals surface area contributed by atoms with Crippen molar-refractivity contribution in [3.8, 4) is 0 Å². The van der Waals surface area contributed by atoms with Crippen molar-refractivity contribution in [3.63, 3.8) is 0 Å². The molecule has 7 nitrogen and oxygen atoms in total. The smallest absolute Gasteiger partial charge is 0.241 e. The summed E-state index contributed by atoms with van der Waals surface area (Å²) in [4.78, 5) is 9.96. The fourth-order valence-corrected chi connectivity index (χ4v) is 0.638. The molecule has 0 aromatic rings. The third-order valence-electron chi connectivity index (χ3n) is 1.39. The van der Waals surface area contributed by atoms with Gasteiger partial charge in [0.05, 0.1) is 12.7 Å². The third kappa shape index (κ3) is 4.25. The number of hydrogen-bond donors (Lipinski definition) is 4. The van der Waals surface area contributed by atoms with Gasteiger partial charge in [-0.15, -0.1) is 4.91 Å². The second-order valence-electron chi connectivity index (χ2n) is 2.51. The van der Waals surface area contributed by atoms with Crippen LogP contribution >= 0.6 is 0 Å². The van der Waals surface area contributed by atoms with E-state index in [1.165, 1.54) is 6.92 Å². The van der Waals surface area contributed by atoms with E-state index in [0.717, 1.165) is 0 Å². The summed E-state index contributed by atoms with van der Waals surface area (Å²) in [5.74, 6) is 0. The molecule has 0 bridgehead atoms. The van der Waals surface area contributed by atoms with Crippen molar-refractivity contribution in [2.45, 2.75) is 31.6 Å². The Labute approximate surface area is 74.5 Å². The van der Waals surface area contributed by atoms with Crippen LogP contribution in [0.3, 0.4) is 0 Å². The van der Waals surface area contributed by atoms with Gasteiger partial charge < -0.3 is 25.2 Å². The number of aliphatic hydroxyl groups excluding tert-OH is 3. The number of rotatable bonds is 6. The summed E-state index contributed by atoms with van der Waals surface area (Å²) < 4.78 is 4.59. The van der Waals surface area contributed by atoms with E-state index < -0.39 is 31.3 Å². The first-order valence-corrected chi connectivity index (χ1v) is 3.66. The molecule has 0 heterocycles. The molecule has 0 rings (SSSR count). The molecule has 78 valence electrons. The van der Waals surface area contributed by atoms with Crippen molar-refractivity contribution in [2.75, 3.05) is 6.61 Å². The molecule has 0 radical (unpaired) electrons. The van der Waals surface area contributed by atoms with Crippen molar-refractivity contribution < 1.29 is 25.2 Å². The first-order chi connectivity index (χ1) is 6.02. The molecule has 0 aromatic heterocycles. The molecule has 4 N–H and O–H groups in total. The quantitative estimate of drug-likeness (QED) is 0.291. The number of ether oxygens (including phenoxy) is 1. The Morgan fingerprint density at radius 2 is 1.92 bits per heavy atom. The van der Waals surface area contributed by atoms with Crippen LogP contribution in [0.1, 0.15) is 6.92 Å². The van der Waals surface area contributed by atoms with E-state index in [4.69, 9.17) is 20.4 Å². The minimum absolute atomic E-state index is 0.545. The molecular formula is C6H13NO6. The maximum Gasteiger partial charge on any atom is 0.241 e. The van der Waals surface area contributed by atoms with E-state index in [2.05, 4.69) is 9.91 Å². The van der Waals surface area contributed by atoms with Gasteiger partial charge in [-0.2, -0.15) is 0 Å². The van der Waals surface area contributed by atoms with Crippen molar-refractivity contribution in [1.82, 2.24) is 0 Å². The SMILES string of the molecule is C[C@H](O)C(CO)OC(N=O)C(O)O. The lowest BCUT2D eigenvalue weighted by Crippen LogP contribution is -2.38. The number of aliphatic hydroxyl groups is 4. The molecule has 0 aliphatic heterocycles. The molecule has 0 saturated carbocycles. The van der Waals surface area contributed by atoms with Crippen molar-refractivity contribution in [3.05, 3.63) is 4.91 Å². The molecule has 0 aromatic carbocycles. The molecule has 0 amide bonds. The Hall–Kier alpha value is -0.600. The highest BCUT2D eigenvalue weighted by molar-refractivity contribution is 4.66. The van der Waals surface area contributed by atoms with Crippen LogP contribution in [0, 0.1) is 4.91 Å².